The van der Waals surface area contributed by atoms with Gasteiger partial charge < -0.3 is 15.3 Å². The highest BCUT2D eigenvalue weighted by atomic mass is 16.6. The van der Waals surface area contributed by atoms with Crippen molar-refractivity contribution >= 4 is 5.71 Å². The van der Waals surface area contributed by atoms with Gasteiger partial charge in [-0.3, -0.25) is 0 Å². The summed E-state index contributed by atoms with van der Waals surface area (Å²) < 4.78 is 0. The lowest BCUT2D eigenvalue weighted by Crippen LogP contribution is -2.31. The molecule has 0 fully saturated rings. The Morgan fingerprint density at radius 1 is 0.960 bits per heavy atom. The summed E-state index contributed by atoms with van der Waals surface area (Å²) in [5.74, 6) is 0.662. The molecule has 0 bridgehead atoms. The van der Waals surface area contributed by atoms with Crippen LogP contribution >= 0.6 is 0 Å². The lowest BCUT2D eigenvalue weighted by atomic mass is 10.1. The van der Waals surface area contributed by atoms with Crippen molar-refractivity contribution in [1.82, 2.24) is 5.32 Å². The first-order valence-electron chi connectivity index (χ1n) is 8.94. The monoisotopic (exact) mass is 338 g/mol. The van der Waals surface area contributed by atoms with E-state index in [-0.39, 0.29) is 6.61 Å². The lowest BCUT2D eigenvalue weighted by molar-refractivity contribution is 0.0405. The standard InChI is InChI=1S/C21H26N2O2/c1-15(2)11-12-22-13-16(24)14-25-23-21-19-9-5-3-7-17(19)18-8-4-6-10-20(18)21/h3-10,15-16,22,24H,11-14H2,1-2H3/t16-/m0/s1. The Hall–Kier alpha value is -2.17. The summed E-state index contributed by atoms with van der Waals surface area (Å²) in [4.78, 5) is 5.47. The van der Waals surface area contributed by atoms with Gasteiger partial charge in [-0.1, -0.05) is 67.5 Å². The molecule has 132 valence electrons. The van der Waals surface area contributed by atoms with Crippen LogP contribution in [0.4, 0.5) is 0 Å². The quantitative estimate of drug-likeness (QED) is 0.489. The number of benzene rings is 2. The number of fused-ring (bicyclic) bond motifs is 3. The first kappa shape index (κ1) is 17.6. The molecule has 0 aromatic heterocycles. The first-order valence-corrected chi connectivity index (χ1v) is 8.94. The molecule has 0 saturated heterocycles. The zero-order chi connectivity index (χ0) is 17.6. The van der Waals surface area contributed by atoms with Crippen molar-refractivity contribution in [2.24, 2.45) is 11.1 Å². The third-order valence-electron chi connectivity index (χ3n) is 4.36. The van der Waals surface area contributed by atoms with Gasteiger partial charge in [-0.15, -0.1) is 0 Å². The highest BCUT2D eigenvalue weighted by Crippen LogP contribution is 2.36. The third-order valence-corrected chi connectivity index (χ3v) is 4.36. The minimum atomic E-state index is -0.566. The summed E-state index contributed by atoms with van der Waals surface area (Å²) in [6, 6.07) is 16.4. The lowest BCUT2D eigenvalue weighted by Gasteiger charge is -2.12. The normalized spacial score (nSPS) is 13.5. The van der Waals surface area contributed by atoms with E-state index in [9.17, 15) is 5.11 Å². The number of hydrogen-bond donors (Lipinski definition) is 2. The molecule has 4 heteroatoms. The fourth-order valence-corrected chi connectivity index (χ4v) is 3.00. The zero-order valence-electron chi connectivity index (χ0n) is 14.9. The average Bonchev–Trinajstić information content (AvgIpc) is 2.93. The summed E-state index contributed by atoms with van der Waals surface area (Å²) in [7, 11) is 0. The minimum Gasteiger partial charge on any atom is -0.392 e. The molecule has 0 radical (unpaired) electrons. The second-order valence-electron chi connectivity index (χ2n) is 6.87. The number of oxime groups is 1. The second kappa shape index (κ2) is 8.28. The van der Waals surface area contributed by atoms with Gasteiger partial charge >= 0.3 is 0 Å². The molecular weight excluding hydrogens is 312 g/mol. The Morgan fingerprint density at radius 3 is 2.08 bits per heavy atom. The van der Waals surface area contributed by atoms with Gasteiger partial charge in [0.1, 0.15) is 18.4 Å². The van der Waals surface area contributed by atoms with Crippen LogP contribution in [0.3, 0.4) is 0 Å². The van der Waals surface area contributed by atoms with Gasteiger partial charge in [-0.25, -0.2) is 0 Å². The molecule has 0 amide bonds. The molecule has 1 aliphatic carbocycles. The maximum absolute atomic E-state index is 10.0. The van der Waals surface area contributed by atoms with Crippen LogP contribution in [-0.2, 0) is 4.84 Å². The molecule has 1 aliphatic rings. The van der Waals surface area contributed by atoms with Crippen molar-refractivity contribution in [1.29, 1.82) is 0 Å². The van der Waals surface area contributed by atoms with E-state index in [0.29, 0.717) is 12.5 Å². The first-order chi connectivity index (χ1) is 12.2. The van der Waals surface area contributed by atoms with Crippen molar-refractivity contribution in [3.63, 3.8) is 0 Å². The van der Waals surface area contributed by atoms with Gasteiger partial charge in [0, 0.05) is 17.7 Å². The largest absolute Gasteiger partial charge is 0.392 e. The van der Waals surface area contributed by atoms with E-state index in [2.05, 4.69) is 48.6 Å². The molecule has 4 nitrogen and oxygen atoms in total. The number of rotatable bonds is 8. The van der Waals surface area contributed by atoms with Crippen LogP contribution in [-0.4, -0.2) is 36.6 Å². The molecule has 2 N–H and O–H groups in total. The van der Waals surface area contributed by atoms with Crippen LogP contribution in [0, 0.1) is 5.92 Å². The second-order valence-corrected chi connectivity index (χ2v) is 6.87. The van der Waals surface area contributed by atoms with Gasteiger partial charge in [-0.2, -0.15) is 0 Å². The fraction of sp³-hybridized carbons (Fsp3) is 0.381. The highest BCUT2D eigenvalue weighted by molar-refractivity contribution is 6.24. The van der Waals surface area contributed by atoms with Crippen LogP contribution < -0.4 is 5.32 Å². The molecule has 0 heterocycles. The average molecular weight is 338 g/mol. The number of aliphatic hydroxyl groups is 1. The Bertz CT molecular complexity index is 693. The van der Waals surface area contributed by atoms with E-state index in [1.807, 2.05) is 24.3 Å². The molecule has 0 aliphatic heterocycles. The smallest absolute Gasteiger partial charge is 0.144 e. The predicted molar refractivity (Wildman–Crippen MR) is 102 cm³/mol. The van der Waals surface area contributed by atoms with E-state index in [0.717, 1.165) is 29.8 Å². The minimum absolute atomic E-state index is 0.183. The van der Waals surface area contributed by atoms with Crippen LogP contribution in [0.1, 0.15) is 31.4 Å². The summed E-state index contributed by atoms with van der Waals surface area (Å²) in [5.41, 5.74) is 5.35. The van der Waals surface area contributed by atoms with E-state index in [1.54, 1.807) is 0 Å². The maximum Gasteiger partial charge on any atom is 0.144 e. The Balaban J connectivity index is 1.60. The van der Waals surface area contributed by atoms with Crippen LogP contribution in [0.5, 0.6) is 0 Å². The van der Waals surface area contributed by atoms with E-state index in [1.165, 1.54) is 11.1 Å². The van der Waals surface area contributed by atoms with Gasteiger partial charge in [0.25, 0.3) is 0 Å². The molecule has 2 aromatic carbocycles. The summed E-state index contributed by atoms with van der Waals surface area (Å²) in [5, 5.41) is 17.6. The summed E-state index contributed by atoms with van der Waals surface area (Å²) in [6.07, 6.45) is 0.534. The van der Waals surface area contributed by atoms with Crippen LogP contribution in [0.15, 0.2) is 53.7 Å². The Kier molecular flexibility index (Phi) is 5.84. The predicted octanol–water partition coefficient (Wildman–Crippen LogP) is 3.43. The van der Waals surface area contributed by atoms with Gasteiger partial charge in [-0.05, 0) is 30.0 Å². The Morgan fingerprint density at radius 2 is 1.52 bits per heavy atom. The van der Waals surface area contributed by atoms with Gasteiger partial charge in [0.05, 0.1) is 0 Å². The number of aliphatic hydroxyl groups excluding tert-OH is 1. The van der Waals surface area contributed by atoms with Crippen molar-refractivity contribution in [3.05, 3.63) is 59.7 Å². The van der Waals surface area contributed by atoms with Crippen molar-refractivity contribution in [2.75, 3.05) is 19.7 Å². The SMILES string of the molecule is CC(C)CCNC[C@H](O)CON=C1c2ccccc2-c2ccccc21. The molecule has 3 rings (SSSR count). The molecule has 0 saturated carbocycles. The summed E-state index contributed by atoms with van der Waals surface area (Å²) in [6.45, 7) is 5.99. The van der Waals surface area contributed by atoms with E-state index >= 15 is 0 Å². The molecule has 2 aromatic rings. The molecular formula is C21H26N2O2. The topological polar surface area (TPSA) is 53.8 Å². The van der Waals surface area contributed by atoms with Gasteiger partial charge in [0.2, 0.25) is 0 Å². The van der Waals surface area contributed by atoms with Crippen molar-refractivity contribution < 1.29 is 9.94 Å². The third kappa shape index (κ3) is 4.27. The maximum atomic E-state index is 10.0. The Labute approximate surface area is 149 Å². The number of hydrogen-bond acceptors (Lipinski definition) is 4. The molecule has 1 atom stereocenters. The van der Waals surface area contributed by atoms with Crippen molar-refractivity contribution in [3.8, 4) is 11.1 Å². The van der Waals surface area contributed by atoms with Gasteiger partial charge in [0.15, 0.2) is 0 Å². The van der Waals surface area contributed by atoms with E-state index < -0.39 is 6.10 Å². The molecule has 25 heavy (non-hydrogen) atoms. The van der Waals surface area contributed by atoms with E-state index in [4.69, 9.17) is 4.84 Å². The fourth-order valence-electron chi connectivity index (χ4n) is 3.00. The van der Waals surface area contributed by atoms with Crippen LogP contribution in [0.25, 0.3) is 11.1 Å². The van der Waals surface area contributed by atoms with Crippen molar-refractivity contribution in [2.45, 2.75) is 26.4 Å². The summed E-state index contributed by atoms with van der Waals surface area (Å²) >= 11 is 0. The number of nitrogens with zero attached hydrogens (tertiary/aromatic N) is 1. The molecule has 0 unspecified atom stereocenters. The number of nitrogens with one attached hydrogen (secondary N) is 1. The van der Waals surface area contributed by atoms with Crippen LogP contribution in [0.2, 0.25) is 0 Å². The molecule has 0 spiro atoms. The zero-order valence-corrected chi connectivity index (χ0v) is 14.9. The highest BCUT2D eigenvalue weighted by Gasteiger charge is 2.24.